The number of aromatic hydroxyl groups is 1. The van der Waals surface area contributed by atoms with Crippen molar-refractivity contribution in [2.24, 2.45) is 10.2 Å². The molecule has 0 atom stereocenters. The number of rotatable bonds is 6. The van der Waals surface area contributed by atoms with Crippen LogP contribution in [0, 0.1) is 10.1 Å². The summed E-state index contributed by atoms with van der Waals surface area (Å²) in [6.07, 6.45) is 1.11. The fourth-order valence-electron chi connectivity index (χ4n) is 1.96. The molecule has 0 spiro atoms. The lowest BCUT2D eigenvalue weighted by Gasteiger charge is -2.02. The number of benzene rings is 2. The van der Waals surface area contributed by atoms with Gasteiger partial charge in [0, 0.05) is 18.1 Å². The number of phenolic OH excluding ortho intramolecular Hbond substituents is 1. The molecular formula is C16H15N3O4. The maximum atomic E-state index is 11.9. The van der Waals surface area contributed by atoms with Crippen molar-refractivity contribution in [1.82, 2.24) is 0 Å². The molecule has 0 saturated heterocycles. The minimum absolute atomic E-state index is 0.0605. The number of hydrogen-bond acceptors (Lipinski definition) is 6. The summed E-state index contributed by atoms with van der Waals surface area (Å²) in [6.45, 7) is 1.90. The van der Waals surface area contributed by atoms with E-state index in [1.807, 2.05) is 6.92 Å². The van der Waals surface area contributed by atoms with Gasteiger partial charge in [0.2, 0.25) is 0 Å². The lowest BCUT2D eigenvalue weighted by molar-refractivity contribution is -0.384. The van der Waals surface area contributed by atoms with Crippen molar-refractivity contribution >= 4 is 22.8 Å². The molecule has 0 aliphatic carbocycles. The first kappa shape index (κ1) is 16.3. The Morgan fingerprint density at radius 3 is 2.57 bits per heavy atom. The second-order valence-electron chi connectivity index (χ2n) is 4.82. The van der Waals surface area contributed by atoms with E-state index in [4.69, 9.17) is 0 Å². The number of hydrogen-bond donors (Lipinski definition) is 1. The van der Waals surface area contributed by atoms with Gasteiger partial charge in [-0.3, -0.25) is 14.9 Å². The molecule has 0 unspecified atom stereocenters. The van der Waals surface area contributed by atoms with Crippen LogP contribution in [0.4, 0.5) is 17.1 Å². The van der Waals surface area contributed by atoms with Gasteiger partial charge < -0.3 is 5.11 Å². The summed E-state index contributed by atoms with van der Waals surface area (Å²) in [5.74, 6) is -0.213. The Morgan fingerprint density at radius 2 is 1.87 bits per heavy atom. The van der Waals surface area contributed by atoms with Crippen molar-refractivity contribution in [3.63, 3.8) is 0 Å². The van der Waals surface area contributed by atoms with Gasteiger partial charge in [-0.2, -0.15) is 0 Å². The average molecular weight is 313 g/mol. The van der Waals surface area contributed by atoms with Crippen molar-refractivity contribution in [2.75, 3.05) is 0 Å². The van der Waals surface area contributed by atoms with Gasteiger partial charge in [0.15, 0.2) is 11.5 Å². The van der Waals surface area contributed by atoms with Crippen LogP contribution >= 0.6 is 0 Å². The van der Waals surface area contributed by atoms with Gasteiger partial charge >= 0.3 is 0 Å². The molecular weight excluding hydrogens is 298 g/mol. The van der Waals surface area contributed by atoms with E-state index in [1.165, 1.54) is 36.4 Å². The van der Waals surface area contributed by atoms with Crippen molar-refractivity contribution < 1.29 is 14.8 Å². The summed E-state index contributed by atoms with van der Waals surface area (Å²) < 4.78 is 0. The normalized spacial score (nSPS) is 10.8. The van der Waals surface area contributed by atoms with Gasteiger partial charge in [0.05, 0.1) is 4.92 Å². The summed E-state index contributed by atoms with van der Waals surface area (Å²) in [7, 11) is 0. The Morgan fingerprint density at radius 1 is 1.17 bits per heavy atom. The van der Waals surface area contributed by atoms with E-state index in [1.54, 1.807) is 6.07 Å². The Hall–Kier alpha value is -3.09. The largest absolute Gasteiger partial charge is 0.506 e. The highest BCUT2D eigenvalue weighted by atomic mass is 16.6. The first-order valence-corrected chi connectivity index (χ1v) is 7.04. The Bertz CT molecular complexity index is 772. The van der Waals surface area contributed by atoms with Gasteiger partial charge in [-0.05, 0) is 30.7 Å². The molecule has 1 N–H and O–H groups in total. The summed E-state index contributed by atoms with van der Waals surface area (Å²) in [4.78, 5) is 22.2. The van der Waals surface area contributed by atoms with Crippen LogP contribution in [0.25, 0.3) is 0 Å². The zero-order valence-corrected chi connectivity index (χ0v) is 12.5. The highest BCUT2D eigenvalue weighted by Crippen LogP contribution is 2.32. The molecule has 0 aliphatic rings. The number of nitro benzene ring substituents is 1. The fourth-order valence-corrected chi connectivity index (χ4v) is 1.96. The predicted molar refractivity (Wildman–Crippen MR) is 84.6 cm³/mol. The number of para-hydroxylation sites is 1. The smallest absolute Gasteiger partial charge is 0.296 e. The summed E-state index contributed by atoms with van der Waals surface area (Å²) in [6, 6.07) is 10.2. The number of azo groups is 1. The summed E-state index contributed by atoms with van der Waals surface area (Å²) in [5, 5.41) is 28.4. The zero-order chi connectivity index (χ0) is 16.8. The van der Waals surface area contributed by atoms with Crippen LogP contribution in [0.15, 0.2) is 52.7 Å². The van der Waals surface area contributed by atoms with Crippen LogP contribution in [0.5, 0.6) is 5.75 Å². The van der Waals surface area contributed by atoms with Gasteiger partial charge in [-0.1, -0.05) is 19.1 Å². The molecule has 118 valence electrons. The summed E-state index contributed by atoms with van der Waals surface area (Å²) in [5.41, 5.74) is 0.391. The van der Waals surface area contributed by atoms with E-state index in [-0.39, 0.29) is 28.6 Å². The number of carbonyl (C=O) groups is 1. The number of carbonyl (C=O) groups excluding carboxylic acids is 1. The fraction of sp³-hybridized carbons (Fsp3) is 0.188. The maximum absolute atomic E-state index is 11.9. The van der Waals surface area contributed by atoms with Crippen molar-refractivity contribution in [3.8, 4) is 5.75 Å². The van der Waals surface area contributed by atoms with Gasteiger partial charge in [-0.15, -0.1) is 10.2 Å². The van der Waals surface area contributed by atoms with Crippen LogP contribution in [0.3, 0.4) is 0 Å². The first-order chi connectivity index (χ1) is 11.0. The highest BCUT2D eigenvalue weighted by molar-refractivity contribution is 5.97. The SMILES string of the molecule is CCCC(=O)c1ccc(O)c(N=Nc2ccccc2[N+](=O)[O-])c1. The maximum Gasteiger partial charge on any atom is 0.296 e. The van der Waals surface area contributed by atoms with Crippen LogP contribution in [0.2, 0.25) is 0 Å². The molecule has 23 heavy (non-hydrogen) atoms. The molecule has 0 bridgehead atoms. The second-order valence-corrected chi connectivity index (χ2v) is 4.82. The van der Waals surface area contributed by atoms with Crippen LogP contribution < -0.4 is 0 Å². The molecule has 0 amide bonds. The second kappa shape index (κ2) is 7.26. The number of Topliss-reactive ketones (excluding diaryl/α,β-unsaturated/α-hetero) is 1. The molecule has 0 saturated carbocycles. The number of nitrogens with zero attached hydrogens (tertiary/aromatic N) is 3. The minimum Gasteiger partial charge on any atom is -0.506 e. The lowest BCUT2D eigenvalue weighted by atomic mass is 10.1. The quantitative estimate of drug-likeness (QED) is 0.361. The van der Waals surface area contributed by atoms with Gasteiger partial charge in [0.1, 0.15) is 11.4 Å². The van der Waals surface area contributed by atoms with Gasteiger partial charge in [0.25, 0.3) is 5.69 Å². The molecule has 2 aromatic carbocycles. The molecule has 2 rings (SSSR count). The van der Waals surface area contributed by atoms with E-state index in [0.717, 1.165) is 0 Å². The van der Waals surface area contributed by atoms with Crippen LogP contribution in [-0.2, 0) is 0 Å². The molecule has 7 heteroatoms. The summed E-state index contributed by atoms with van der Waals surface area (Å²) >= 11 is 0. The molecule has 0 heterocycles. The Labute approximate surface area is 132 Å². The third-order valence-electron chi connectivity index (χ3n) is 3.12. The molecule has 0 radical (unpaired) electrons. The molecule has 2 aromatic rings. The predicted octanol–water partition coefficient (Wildman–Crippen LogP) is 4.70. The molecule has 0 aliphatic heterocycles. The zero-order valence-electron chi connectivity index (χ0n) is 12.5. The number of phenols is 1. The first-order valence-electron chi connectivity index (χ1n) is 7.04. The third kappa shape index (κ3) is 3.97. The molecule has 0 fully saturated rings. The lowest BCUT2D eigenvalue weighted by Crippen LogP contribution is -1.97. The van der Waals surface area contributed by atoms with E-state index in [0.29, 0.717) is 18.4 Å². The average Bonchev–Trinajstić information content (AvgIpc) is 2.54. The van der Waals surface area contributed by atoms with E-state index < -0.39 is 4.92 Å². The molecule has 0 aromatic heterocycles. The van der Waals surface area contributed by atoms with E-state index in [2.05, 4.69) is 10.2 Å². The van der Waals surface area contributed by atoms with Crippen molar-refractivity contribution in [1.29, 1.82) is 0 Å². The van der Waals surface area contributed by atoms with Crippen LogP contribution in [-0.4, -0.2) is 15.8 Å². The molecule has 7 nitrogen and oxygen atoms in total. The van der Waals surface area contributed by atoms with Gasteiger partial charge in [-0.25, -0.2) is 0 Å². The number of ketones is 1. The topological polar surface area (TPSA) is 105 Å². The standard InChI is InChI=1S/C16H15N3O4/c1-2-5-15(20)11-8-9-16(21)13(10-11)18-17-12-6-3-4-7-14(12)19(22)23/h3-4,6-10,21H,2,5H2,1H3. The highest BCUT2D eigenvalue weighted by Gasteiger charge is 2.12. The monoisotopic (exact) mass is 313 g/mol. The minimum atomic E-state index is -0.560. The van der Waals surface area contributed by atoms with Crippen molar-refractivity contribution in [2.45, 2.75) is 19.8 Å². The Balaban J connectivity index is 2.34. The third-order valence-corrected chi connectivity index (χ3v) is 3.12. The van der Waals surface area contributed by atoms with Crippen molar-refractivity contribution in [3.05, 3.63) is 58.1 Å². The van der Waals surface area contributed by atoms with Crippen LogP contribution in [0.1, 0.15) is 30.1 Å². The number of nitro groups is 1. The van der Waals surface area contributed by atoms with E-state index in [9.17, 15) is 20.0 Å². The van der Waals surface area contributed by atoms with E-state index >= 15 is 0 Å². The Kier molecular flexibility index (Phi) is 5.14.